The monoisotopic (exact) mass is 413 g/mol. The Bertz CT molecular complexity index is 587. The van der Waals surface area contributed by atoms with E-state index in [1.807, 2.05) is 0 Å². The van der Waals surface area contributed by atoms with Gasteiger partial charge in [0.15, 0.2) is 0 Å². The van der Waals surface area contributed by atoms with Crippen molar-refractivity contribution in [1.82, 2.24) is 4.72 Å². The fraction of sp³-hybridized carbons (Fsp3) is 0.714. The molecule has 7 heteroatoms. The predicted octanol–water partition coefficient (Wildman–Crippen LogP) is 5.05. The normalized spacial score (nSPS) is 24.2. The third-order valence-corrected chi connectivity index (χ3v) is 8.51. The van der Waals surface area contributed by atoms with E-state index in [0.717, 1.165) is 30.6 Å². The summed E-state index contributed by atoms with van der Waals surface area (Å²) >= 11 is 10.4. The summed E-state index contributed by atoms with van der Waals surface area (Å²) in [7, 11) is -3.50. The van der Waals surface area contributed by atoms with Crippen molar-refractivity contribution < 1.29 is 8.42 Å². The first kappa shape index (κ1) is 17.7. The van der Waals surface area contributed by atoms with Gasteiger partial charge >= 0.3 is 0 Å². The highest BCUT2D eigenvalue weighted by molar-refractivity contribution is 9.11. The zero-order chi connectivity index (χ0) is 15.8. The highest BCUT2D eigenvalue weighted by Gasteiger charge is 2.36. The molecular weight excluding hydrogens is 394 g/mol. The standard InChI is InChI=1S/C14H21BrClNO2S2/c1-14(2,3)9-6-4-5-7-11(9)17-21(18,19)12-8-10(16)13(15)20-12/h8-9,11,17H,4-7H2,1-3H3. The molecule has 1 aliphatic carbocycles. The topological polar surface area (TPSA) is 46.2 Å². The van der Waals surface area contributed by atoms with Crippen LogP contribution in [0, 0.1) is 11.3 Å². The van der Waals surface area contributed by atoms with E-state index in [-0.39, 0.29) is 15.7 Å². The smallest absolute Gasteiger partial charge is 0.207 e. The second-order valence-electron chi connectivity index (χ2n) is 6.67. The third kappa shape index (κ3) is 4.22. The van der Waals surface area contributed by atoms with Crippen LogP contribution in [0.2, 0.25) is 5.02 Å². The van der Waals surface area contributed by atoms with Gasteiger partial charge in [0.05, 0.1) is 8.81 Å². The van der Waals surface area contributed by atoms with Crippen LogP contribution in [0.4, 0.5) is 0 Å². The number of rotatable bonds is 3. The molecule has 2 atom stereocenters. The van der Waals surface area contributed by atoms with E-state index in [9.17, 15) is 8.42 Å². The Kier molecular flexibility index (Phi) is 5.47. The molecule has 1 aromatic rings. The van der Waals surface area contributed by atoms with Crippen LogP contribution in [-0.2, 0) is 10.0 Å². The maximum atomic E-state index is 12.6. The van der Waals surface area contributed by atoms with Gasteiger partial charge in [-0.3, -0.25) is 0 Å². The van der Waals surface area contributed by atoms with Crippen molar-refractivity contribution in [3.05, 3.63) is 14.9 Å². The van der Waals surface area contributed by atoms with E-state index in [4.69, 9.17) is 11.6 Å². The molecule has 3 nitrogen and oxygen atoms in total. The summed E-state index contributed by atoms with van der Waals surface area (Å²) in [5.74, 6) is 0.361. The van der Waals surface area contributed by atoms with Crippen LogP contribution in [0.15, 0.2) is 14.1 Å². The van der Waals surface area contributed by atoms with Crippen LogP contribution >= 0.6 is 38.9 Å². The molecule has 0 amide bonds. The second kappa shape index (κ2) is 6.48. The quantitative estimate of drug-likeness (QED) is 0.752. The van der Waals surface area contributed by atoms with Crippen LogP contribution in [0.1, 0.15) is 46.5 Å². The number of halogens is 2. The third-order valence-electron chi connectivity index (χ3n) is 4.07. The molecule has 1 fully saturated rings. The molecule has 0 aliphatic heterocycles. The Morgan fingerprint density at radius 1 is 1.33 bits per heavy atom. The van der Waals surface area contributed by atoms with Gasteiger partial charge in [-0.25, -0.2) is 13.1 Å². The maximum absolute atomic E-state index is 12.6. The number of hydrogen-bond acceptors (Lipinski definition) is 3. The van der Waals surface area contributed by atoms with Gasteiger partial charge in [0, 0.05) is 6.04 Å². The van der Waals surface area contributed by atoms with E-state index in [2.05, 4.69) is 41.4 Å². The van der Waals surface area contributed by atoms with Gasteiger partial charge in [0.25, 0.3) is 0 Å². The van der Waals surface area contributed by atoms with E-state index < -0.39 is 10.0 Å². The minimum absolute atomic E-state index is 0.00315. The first-order valence-electron chi connectivity index (χ1n) is 7.08. The first-order valence-corrected chi connectivity index (χ1v) is 10.6. The Hall–Kier alpha value is 0.380. The minimum atomic E-state index is -3.50. The van der Waals surface area contributed by atoms with Gasteiger partial charge in [-0.05, 0) is 46.2 Å². The molecule has 1 saturated carbocycles. The average molecular weight is 415 g/mol. The SMILES string of the molecule is CC(C)(C)C1CCCCC1NS(=O)(=O)c1cc(Cl)c(Br)s1. The lowest BCUT2D eigenvalue weighted by atomic mass is 9.70. The fourth-order valence-corrected chi connectivity index (χ4v) is 6.75. The minimum Gasteiger partial charge on any atom is -0.207 e. The van der Waals surface area contributed by atoms with Crippen LogP contribution in [0.25, 0.3) is 0 Å². The number of sulfonamides is 1. The largest absolute Gasteiger partial charge is 0.250 e. The lowest BCUT2D eigenvalue weighted by Gasteiger charge is -2.40. The molecule has 0 saturated heterocycles. The molecule has 0 spiro atoms. The Morgan fingerprint density at radius 2 is 1.95 bits per heavy atom. The molecule has 0 radical (unpaired) electrons. The molecule has 1 aliphatic rings. The summed E-state index contributed by atoms with van der Waals surface area (Å²) in [4.78, 5) is 0. The molecule has 2 rings (SSSR count). The van der Waals surface area contributed by atoms with Gasteiger partial charge in [-0.2, -0.15) is 0 Å². The summed E-state index contributed by atoms with van der Waals surface area (Å²) in [6.07, 6.45) is 4.23. The van der Waals surface area contributed by atoms with E-state index in [1.54, 1.807) is 0 Å². The summed E-state index contributed by atoms with van der Waals surface area (Å²) in [6, 6.07) is 1.51. The Morgan fingerprint density at radius 3 is 2.48 bits per heavy atom. The number of thiophene rings is 1. The lowest BCUT2D eigenvalue weighted by molar-refractivity contribution is 0.144. The van der Waals surface area contributed by atoms with E-state index in [0.29, 0.717) is 14.7 Å². The second-order valence-corrected chi connectivity index (χ2v) is 11.4. The first-order chi connectivity index (χ1) is 9.61. The van der Waals surface area contributed by atoms with Crippen molar-refractivity contribution in [2.24, 2.45) is 11.3 Å². The van der Waals surface area contributed by atoms with Crippen molar-refractivity contribution >= 4 is 48.9 Å². The van der Waals surface area contributed by atoms with Gasteiger partial charge < -0.3 is 0 Å². The van der Waals surface area contributed by atoms with Crippen LogP contribution in [0.3, 0.4) is 0 Å². The van der Waals surface area contributed by atoms with Gasteiger partial charge in [-0.15, -0.1) is 11.3 Å². The molecule has 120 valence electrons. The molecule has 1 heterocycles. The lowest BCUT2D eigenvalue weighted by Crippen LogP contribution is -2.46. The zero-order valence-corrected chi connectivity index (χ0v) is 16.4. The molecule has 2 unspecified atom stereocenters. The van der Waals surface area contributed by atoms with Crippen molar-refractivity contribution in [2.75, 3.05) is 0 Å². The Labute approximate surface area is 144 Å². The molecular formula is C14H21BrClNO2S2. The van der Waals surface area contributed by atoms with Crippen LogP contribution in [0.5, 0.6) is 0 Å². The predicted molar refractivity (Wildman–Crippen MR) is 92.6 cm³/mol. The molecule has 1 N–H and O–H groups in total. The van der Waals surface area contributed by atoms with Crippen molar-refractivity contribution in [2.45, 2.75) is 56.7 Å². The van der Waals surface area contributed by atoms with E-state index >= 15 is 0 Å². The fourth-order valence-electron chi connectivity index (χ4n) is 3.03. The highest BCUT2D eigenvalue weighted by Crippen LogP contribution is 2.39. The average Bonchev–Trinajstić information content (AvgIpc) is 2.69. The number of nitrogens with one attached hydrogen (secondary N) is 1. The van der Waals surface area contributed by atoms with E-state index in [1.165, 1.54) is 12.5 Å². The highest BCUT2D eigenvalue weighted by atomic mass is 79.9. The van der Waals surface area contributed by atoms with Crippen LogP contribution in [-0.4, -0.2) is 14.5 Å². The van der Waals surface area contributed by atoms with Crippen molar-refractivity contribution in [3.63, 3.8) is 0 Å². The summed E-state index contributed by atoms with van der Waals surface area (Å²) < 4.78 is 29.0. The zero-order valence-electron chi connectivity index (χ0n) is 12.4. The molecule has 1 aromatic heterocycles. The van der Waals surface area contributed by atoms with Crippen molar-refractivity contribution in [1.29, 1.82) is 0 Å². The van der Waals surface area contributed by atoms with Gasteiger partial charge in [-0.1, -0.05) is 45.2 Å². The van der Waals surface area contributed by atoms with Crippen molar-refractivity contribution in [3.8, 4) is 0 Å². The molecule has 0 bridgehead atoms. The maximum Gasteiger partial charge on any atom is 0.250 e. The van der Waals surface area contributed by atoms with Gasteiger partial charge in [0.2, 0.25) is 10.0 Å². The summed E-state index contributed by atoms with van der Waals surface area (Å²) in [5.41, 5.74) is 0.0985. The molecule has 0 aromatic carbocycles. The molecule has 21 heavy (non-hydrogen) atoms. The summed E-state index contributed by atoms with van der Waals surface area (Å²) in [6.45, 7) is 6.55. The Balaban J connectivity index is 2.22. The summed E-state index contributed by atoms with van der Waals surface area (Å²) in [5, 5.41) is 0.441. The van der Waals surface area contributed by atoms with Crippen LogP contribution < -0.4 is 4.72 Å². The van der Waals surface area contributed by atoms with Gasteiger partial charge in [0.1, 0.15) is 4.21 Å². The number of hydrogen-bond donors (Lipinski definition) is 1.